The SMILES string of the molecule is [C-]#[N+]c1cc(-n2c3ccccc3c3cc(-c4ccc(C)cc4)ccc32)c(-n2c3ccccc3c3cc(-c4ccc(C)cc4)ccc32)cc1-c1nc(-c2ccccc2)cc(-c2ccccc2)n1. The van der Waals surface area contributed by atoms with Crippen LogP contribution >= 0.6 is 0 Å². The first kappa shape index (κ1) is 38.8. The molecule has 0 saturated heterocycles. The summed E-state index contributed by atoms with van der Waals surface area (Å²) in [6.45, 7) is 13.1. The zero-order valence-corrected chi connectivity index (χ0v) is 36.4. The lowest BCUT2D eigenvalue weighted by atomic mass is 10.0. The molecule has 310 valence electrons. The van der Waals surface area contributed by atoms with Crippen LogP contribution in [-0.2, 0) is 0 Å². The van der Waals surface area contributed by atoms with Crippen molar-refractivity contribution >= 4 is 49.3 Å². The highest BCUT2D eigenvalue weighted by molar-refractivity contribution is 6.13. The molecule has 0 amide bonds. The fraction of sp³-hybridized carbons (Fsp3) is 0.0328. The first-order valence-electron chi connectivity index (χ1n) is 22.3. The van der Waals surface area contributed by atoms with Gasteiger partial charge in [0.05, 0.1) is 51.4 Å². The average molecular weight is 844 g/mol. The summed E-state index contributed by atoms with van der Waals surface area (Å²) in [5.74, 6) is 0.487. The Morgan fingerprint density at radius 3 is 1.24 bits per heavy atom. The van der Waals surface area contributed by atoms with E-state index >= 15 is 0 Å². The number of aromatic nitrogens is 4. The molecule has 3 heterocycles. The van der Waals surface area contributed by atoms with Gasteiger partial charge in [0.15, 0.2) is 5.69 Å². The second-order valence-corrected chi connectivity index (χ2v) is 17.1. The van der Waals surface area contributed by atoms with Gasteiger partial charge in [-0.2, -0.15) is 0 Å². The van der Waals surface area contributed by atoms with Crippen LogP contribution in [0.4, 0.5) is 5.69 Å². The average Bonchev–Trinajstić information content (AvgIpc) is 3.89. The number of fused-ring (bicyclic) bond motifs is 6. The number of hydrogen-bond acceptors (Lipinski definition) is 2. The fourth-order valence-electron chi connectivity index (χ4n) is 9.59. The second kappa shape index (κ2) is 15.7. The van der Waals surface area contributed by atoms with Crippen LogP contribution < -0.4 is 0 Å². The molecule has 0 fully saturated rings. The molecule has 3 aromatic heterocycles. The minimum Gasteiger partial charge on any atom is -0.308 e. The standard InChI is InChI=1S/C61H41N5/c1-39-22-26-41(27-23-39)45-30-32-57-49(34-45)47-18-10-12-20-55(47)65(57)59-36-51(61-63-52(43-14-6-4-7-15-43)37-53(64-61)44-16-8-5-9-17-44)54(62-3)38-60(59)66-56-21-13-11-19-48(56)50-35-46(31-33-58(50)66)42-28-24-40(2)25-29-42/h4-38H,1-2H3. The Kier molecular flexibility index (Phi) is 9.25. The maximum Gasteiger partial charge on any atom is 0.200 e. The zero-order valence-electron chi connectivity index (χ0n) is 36.4. The van der Waals surface area contributed by atoms with E-state index in [1.54, 1.807) is 0 Å². The van der Waals surface area contributed by atoms with Crippen molar-refractivity contribution in [3.05, 3.63) is 235 Å². The molecule has 0 aliphatic heterocycles. The van der Waals surface area contributed by atoms with Gasteiger partial charge in [0.1, 0.15) is 5.82 Å². The smallest absolute Gasteiger partial charge is 0.200 e. The lowest BCUT2D eigenvalue weighted by Crippen LogP contribution is -2.05. The van der Waals surface area contributed by atoms with E-state index in [4.69, 9.17) is 16.5 Å². The predicted octanol–water partition coefficient (Wildman–Crippen LogP) is 16.2. The van der Waals surface area contributed by atoms with Crippen LogP contribution in [0.25, 0.3) is 116 Å². The molecule has 5 heteroatoms. The highest BCUT2D eigenvalue weighted by atomic mass is 15.1. The van der Waals surface area contributed by atoms with E-state index < -0.39 is 0 Å². The van der Waals surface area contributed by atoms with Crippen molar-refractivity contribution in [2.75, 3.05) is 0 Å². The third-order valence-electron chi connectivity index (χ3n) is 12.9. The summed E-state index contributed by atoms with van der Waals surface area (Å²) in [7, 11) is 0. The number of para-hydroxylation sites is 2. The van der Waals surface area contributed by atoms with Crippen LogP contribution in [0.2, 0.25) is 0 Å². The van der Waals surface area contributed by atoms with Gasteiger partial charge in [0.25, 0.3) is 0 Å². The number of benzene rings is 9. The summed E-state index contributed by atoms with van der Waals surface area (Å²) < 4.78 is 4.71. The zero-order chi connectivity index (χ0) is 44.3. The van der Waals surface area contributed by atoms with Crippen LogP contribution in [0.1, 0.15) is 11.1 Å². The summed E-state index contributed by atoms with van der Waals surface area (Å²) in [6.07, 6.45) is 0. The van der Waals surface area contributed by atoms with Gasteiger partial charge in [-0.1, -0.05) is 169 Å². The van der Waals surface area contributed by atoms with Crippen LogP contribution in [-0.4, -0.2) is 19.1 Å². The first-order chi connectivity index (χ1) is 32.5. The molecule has 0 N–H and O–H groups in total. The Morgan fingerprint density at radius 2 is 0.773 bits per heavy atom. The van der Waals surface area contributed by atoms with Crippen LogP contribution in [0.15, 0.2) is 212 Å². The predicted molar refractivity (Wildman–Crippen MR) is 274 cm³/mol. The summed E-state index contributed by atoms with van der Waals surface area (Å²) in [6, 6.07) is 74.9. The van der Waals surface area contributed by atoms with Crippen molar-refractivity contribution in [2.45, 2.75) is 13.8 Å². The van der Waals surface area contributed by atoms with Crippen LogP contribution in [0.3, 0.4) is 0 Å². The number of nitrogens with zero attached hydrogens (tertiary/aromatic N) is 5. The minimum atomic E-state index is 0.461. The van der Waals surface area contributed by atoms with E-state index in [-0.39, 0.29) is 0 Å². The Hall–Kier alpha value is -8.85. The van der Waals surface area contributed by atoms with E-state index in [2.05, 4.69) is 198 Å². The van der Waals surface area contributed by atoms with Crippen LogP contribution in [0, 0.1) is 20.4 Å². The van der Waals surface area contributed by atoms with Crippen molar-refractivity contribution in [2.24, 2.45) is 0 Å². The maximum atomic E-state index is 8.84. The molecule has 0 radical (unpaired) electrons. The summed E-state index contributed by atoms with van der Waals surface area (Å²) in [4.78, 5) is 14.8. The third kappa shape index (κ3) is 6.55. The molecule has 9 aromatic carbocycles. The van der Waals surface area contributed by atoms with Crippen molar-refractivity contribution in [1.82, 2.24) is 19.1 Å². The maximum absolute atomic E-state index is 8.84. The van der Waals surface area contributed by atoms with Gasteiger partial charge in [-0.15, -0.1) is 0 Å². The molecule has 0 atom stereocenters. The number of aryl methyl sites for hydroxylation is 2. The molecular weight excluding hydrogens is 803 g/mol. The van der Waals surface area contributed by atoms with Gasteiger partial charge in [-0.3, -0.25) is 0 Å². The first-order valence-corrected chi connectivity index (χ1v) is 22.3. The molecule has 5 nitrogen and oxygen atoms in total. The molecule has 0 unspecified atom stereocenters. The normalized spacial score (nSPS) is 11.5. The number of rotatable bonds is 7. The van der Waals surface area contributed by atoms with E-state index in [0.29, 0.717) is 17.1 Å². The van der Waals surface area contributed by atoms with Gasteiger partial charge in [-0.05, 0) is 90.7 Å². The Bertz CT molecular complexity index is 3810. The van der Waals surface area contributed by atoms with Crippen LogP contribution in [0.5, 0.6) is 0 Å². The summed E-state index contributed by atoms with van der Waals surface area (Å²) >= 11 is 0. The Labute approximate surface area is 383 Å². The molecule has 0 bridgehead atoms. The number of hydrogen-bond donors (Lipinski definition) is 0. The topological polar surface area (TPSA) is 40.0 Å². The Balaban J connectivity index is 1.18. The van der Waals surface area contributed by atoms with Crippen molar-refractivity contribution in [1.29, 1.82) is 0 Å². The van der Waals surface area contributed by atoms with Gasteiger partial charge < -0.3 is 9.13 Å². The molecule has 12 rings (SSSR count). The van der Waals surface area contributed by atoms with Gasteiger partial charge in [-0.25, -0.2) is 14.8 Å². The van der Waals surface area contributed by atoms with Crippen molar-refractivity contribution in [3.8, 4) is 67.5 Å². The molecule has 66 heavy (non-hydrogen) atoms. The van der Waals surface area contributed by atoms with E-state index in [1.165, 1.54) is 22.3 Å². The second-order valence-electron chi connectivity index (χ2n) is 17.1. The molecule has 0 saturated carbocycles. The molecule has 0 spiro atoms. The minimum absolute atomic E-state index is 0.461. The quantitative estimate of drug-likeness (QED) is 0.150. The third-order valence-corrected chi connectivity index (χ3v) is 12.9. The Morgan fingerprint density at radius 1 is 0.364 bits per heavy atom. The highest BCUT2D eigenvalue weighted by Gasteiger charge is 2.24. The van der Waals surface area contributed by atoms with E-state index in [9.17, 15) is 0 Å². The van der Waals surface area contributed by atoms with Gasteiger partial charge in [0, 0.05) is 38.2 Å². The monoisotopic (exact) mass is 843 g/mol. The fourth-order valence-corrected chi connectivity index (χ4v) is 9.59. The molecule has 0 aliphatic carbocycles. The van der Waals surface area contributed by atoms with Crippen molar-refractivity contribution in [3.63, 3.8) is 0 Å². The summed E-state index contributed by atoms with van der Waals surface area (Å²) in [5, 5.41) is 4.56. The van der Waals surface area contributed by atoms with Gasteiger partial charge >= 0.3 is 0 Å². The van der Waals surface area contributed by atoms with E-state index in [1.807, 2.05) is 42.5 Å². The van der Waals surface area contributed by atoms with E-state index in [0.717, 1.165) is 88.6 Å². The molecular formula is C61H41N5. The van der Waals surface area contributed by atoms with Crippen molar-refractivity contribution < 1.29 is 0 Å². The highest BCUT2D eigenvalue weighted by Crippen LogP contribution is 2.44. The van der Waals surface area contributed by atoms with Gasteiger partial charge in [0.2, 0.25) is 0 Å². The lowest BCUT2D eigenvalue weighted by Gasteiger charge is -2.20. The molecule has 12 aromatic rings. The lowest BCUT2D eigenvalue weighted by molar-refractivity contribution is 1.09. The summed E-state index contributed by atoms with van der Waals surface area (Å²) in [5.41, 5.74) is 17.7. The largest absolute Gasteiger partial charge is 0.308 e. The molecule has 0 aliphatic rings.